The lowest BCUT2D eigenvalue weighted by atomic mass is 9.94. The maximum atomic E-state index is 12.2. The van der Waals surface area contributed by atoms with Gasteiger partial charge in [-0.05, 0) is 43.5 Å². The van der Waals surface area contributed by atoms with E-state index in [1.165, 1.54) is 31.2 Å². The third kappa shape index (κ3) is 5.67. The molecule has 1 fully saturated rings. The largest absolute Gasteiger partial charge is 0.369 e. The lowest BCUT2D eigenvalue weighted by Gasteiger charge is -2.22. The van der Waals surface area contributed by atoms with Crippen LogP contribution in [-0.4, -0.2) is 29.7 Å². The van der Waals surface area contributed by atoms with Crippen molar-refractivity contribution in [1.29, 1.82) is 0 Å². The topological polar surface area (TPSA) is 63.4 Å². The predicted octanol–water partition coefficient (Wildman–Crippen LogP) is 3.64. The smallest absolute Gasteiger partial charge is 0.221 e. The van der Waals surface area contributed by atoms with Crippen molar-refractivity contribution in [2.75, 3.05) is 13.1 Å². The van der Waals surface area contributed by atoms with Crippen LogP contribution in [0, 0.1) is 5.92 Å². The fourth-order valence-electron chi connectivity index (χ4n) is 3.57. The van der Waals surface area contributed by atoms with E-state index in [4.69, 9.17) is 5.73 Å². The third-order valence-corrected chi connectivity index (χ3v) is 5.20. The monoisotopic (exact) mass is 344 g/mol. The maximum absolute atomic E-state index is 12.2. The van der Waals surface area contributed by atoms with Gasteiger partial charge < -0.3 is 5.73 Å². The second-order valence-electron chi connectivity index (χ2n) is 7.28. The second-order valence-corrected chi connectivity index (χ2v) is 7.28. The highest BCUT2D eigenvalue weighted by Gasteiger charge is 2.36. The summed E-state index contributed by atoms with van der Waals surface area (Å²) in [7, 11) is 0. The number of unbranched alkanes of at least 4 members (excludes halogenated alkanes) is 2. The molecule has 2 atom stereocenters. The van der Waals surface area contributed by atoms with Crippen LogP contribution >= 0.6 is 0 Å². The Morgan fingerprint density at radius 3 is 2.20 bits per heavy atom. The average Bonchev–Trinajstić information content (AvgIpc) is 3.00. The van der Waals surface area contributed by atoms with E-state index < -0.39 is 0 Å². The van der Waals surface area contributed by atoms with Crippen molar-refractivity contribution in [3.05, 3.63) is 35.4 Å². The van der Waals surface area contributed by atoms with Gasteiger partial charge in [-0.2, -0.15) is 0 Å². The van der Waals surface area contributed by atoms with Crippen LogP contribution in [0.1, 0.15) is 69.4 Å². The molecule has 4 nitrogen and oxygen atoms in total. The molecule has 4 heteroatoms. The Labute approximate surface area is 151 Å². The average molecular weight is 344 g/mol. The summed E-state index contributed by atoms with van der Waals surface area (Å²) in [5.41, 5.74) is 7.67. The van der Waals surface area contributed by atoms with E-state index in [1.54, 1.807) is 0 Å². The summed E-state index contributed by atoms with van der Waals surface area (Å²) >= 11 is 0. The van der Waals surface area contributed by atoms with Crippen LogP contribution in [0.5, 0.6) is 0 Å². The molecule has 0 spiro atoms. The fraction of sp³-hybridized carbons (Fsp3) is 0.619. The second kappa shape index (κ2) is 9.71. The molecule has 0 bridgehead atoms. The van der Waals surface area contributed by atoms with Gasteiger partial charge in [-0.25, -0.2) is 0 Å². The minimum absolute atomic E-state index is 0.143. The molecule has 25 heavy (non-hydrogen) atoms. The molecule has 0 radical (unpaired) electrons. The van der Waals surface area contributed by atoms with Crippen molar-refractivity contribution < 1.29 is 9.59 Å². The van der Waals surface area contributed by atoms with Crippen LogP contribution in [0.4, 0.5) is 0 Å². The number of primary amides is 1. The molecule has 0 heterocycles. The molecule has 1 aliphatic carbocycles. The molecule has 1 aromatic carbocycles. The SMILES string of the molecule is CCCCN(CCCC)Cc1ccc([C@@H]2C[C@H](C(N)=O)CC2=O)cc1. The van der Waals surface area contributed by atoms with Gasteiger partial charge in [-0.3, -0.25) is 14.5 Å². The van der Waals surface area contributed by atoms with E-state index in [9.17, 15) is 9.59 Å². The maximum Gasteiger partial charge on any atom is 0.221 e. The van der Waals surface area contributed by atoms with Crippen LogP contribution in [0.3, 0.4) is 0 Å². The number of nitrogens with two attached hydrogens (primary N) is 1. The minimum Gasteiger partial charge on any atom is -0.369 e. The Bertz CT molecular complexity index is 560. The van der Waals surface area contributed by atoms with Crippen LogP contribution in [0.15, 0.2) is 24.3 Å². The number of rotatable bonds is 10. The van der Waals surface area contributed by atoms with E-state index in [1.807, 2.05) is 0 Å². The molecular weight excluding hydrogens is 312 g/mol. The first-order valence-electron chi connectivity index (χ1n) is 9.68. The van der Waals surface area contributed by atoms with E-state index in [0.29, 0.717) is 12.8 Å². The molecule has 0 aromatic heterocycles. The van der Waals surface area contributed by atoms with Gasteiger partial charge in [-0.15, -0.1) is 0 Å². The van der Waals surface area contributed by atoms with Gasteiger partial charge in [0.25, 0.3) is 0 Å². The Hall–Kier alpha value is -1.68. The van der Waals surface area contributed by atoms with E-state index in [2.05, 4.69) is 43.0 Å². The highest BCUT2D eigenvalue weighted by molar-refractivity contribution is 5.94. The molecule has 2 rings (SSSR count). The number of benzene rings is 1. The first-order chi connectivity index (χ1) is 12.0. The first-order valence-corrected chi connectivity index (χ1v) is 9.68. The summed E-state index contributed by atoms with van der Waals surface area (Å²) in [5, 5.41) is 0. The minimum atomic E-state index is -0.352. The van der Waals surface area contributed by atoms with Crippen LogP contribution < -0.4 is 5.73 Å². The van der Waals surface area contributed by atoms with Crippen LogP contribution in [0.25, 0.3) is 0 Å². The molecule has 1 aliphatic rings. The number of carbonyl (C=O) groups is 2. The Kier molecular flexibility index (Phi) is 7.63. The highest BCUT2D eigenvalue weighted by atomic mass is 16.1. The molecule has 0 unspecified atom stereocenters. The molecule has 138 valence electrons. The van der Waals surface area contributed by atoms with E-state index in [0.717, 1.165) is 25.2 Å². The molecule has 1 saturated carbocycles. The molecule has 1 amide bonds. The zero-order valence-electron chi connectivity index (χ0n) is 15.7. The van der Waals surface area contributed by atoms with Gasteiger partial charge in [-0.1, -0.05) is 51.0 Å². The van der Waals surface area contributed by atoms with E-state index >= 15 is 0 Å². The summed E-state index contributed by atoms with van der Waals surface area (Å²) in [4.78, 5) is 26.0. The molecule has 0 saturated heterocycles. The van der Waals surface area contributed by atoms with Crippen molar-refractivity contribution in [1.82, 2.24) is 4.90 Å². The number of hydrogen-bond donors (Lipinski definition) is 1. The first kappa shape index (κ1) is 19.6. The van der Waals surface area contributed by atoms with Gasteiger partial charge >= 0.3 is 0 Å². The van der Waals surface area contributed by atoms with Gasteiger partial charge in [0.2, 0.25) is 5.91 Å². The summed E-state index contributed by atoms with van der Waals surface area (Å²) in [5.74, 6) is -0.669. The van der Waals surface area contributed by atoms with Crippen LogP contribution in [0.2, 0.25) is 0 Å². The van der Waals surface area contributed by atoms with Gasteiger partial charge in [0.15, 0.2) is 0 Å². The predicted molar refractivity (Wildman–Crippen MR) is 101 cm³/mol. The van der Waals surface area contributed by atoms with Crippen LogP contribution in [-0.2, 0) is 16.1 Å². The van der Waals surface area contributed by atoms with Gasteiger partial charge in [0.1, 0.15) is 5.78 Å². The zero-order valence-corrected chi connectivity index (χ0v) is 15.7. The number of nitrogens with zero attached hydrogens (tertiary/aromatic N) is 1. The standard InChI is InChI=1S/C21H32N2O2/c1-3-5-11-23(12-6-4-2)15-16-7-9-17(10-8-16)19-13-18(21(22)25)14-20(19)24/h7-10,18-19H,3-6,11-15H2,1-2H3,(H2,22,25)/t18-,19-/m0/s1. The van der Waals surface area contributed by atoms with Crippen molar-refractivity contribution in [3.63, 3.8) is 0 Å². The fourth-order valence-corrected chi connectivity index (χ4v) is 3.57. The number of amides is 1. The zero-order chi connectivity index (χ0) is 18.2. The van der Waals surface area contributed by atoms with Crippen molar-refractivity contribution >= 4 is 11.7 Å². The molecule has 0 aliphatic heterocycles. The summed E-state index contributed by atoms with van der Waals surface area (Å²) in [6, 6.07) is 8.37. The van der Waals surface area contributed by atoms with Crippen molar-refractivity contribution in [3.8, 4) is 0 Å². The Balaban J connectivity index is 1.98. The molecular formula is C21H32N2O2. The summed E-state index contributed by atoms with van der Waals surface area (Å²) in [6.45, 7) is 7.69. The third-order valence-electron chi connectivity index (χ3n) is 5.20. The lowest BCUT2D eigenvalue weighted by molar-refractivity contribution is -0.124. The van der Waals surface area contributed by atoms with Gasteiger partial charge in [0.05, 0.1) is 0 Å². The number of Topliss-reactive ketones (excluding diaryl/α,β-unsaturated/α-hetero) is 1. The van der Waals surface area contributed by atoms with Gasteiger partial charge in [0, 0.05) is 24.8 Å². The Morgan fingerprint density at radius 2 is 1.72 bits per heavy atom. The number of hydrogen-bond acceptors (Lipinski definition) is 3. The van der Waals surface area contributed by atoms with Crippen molar-refractivity contribution in [2.45, 2.75) is 64.8 Å². The number of carbonyl (C=O) groups excluding carboxylic acids is 2. The highest BCUT2D eigenvalue weighted by Crippen LogP contribution is 2.35. The Morgan fingerprint density at radius 1 is 1.12 bits per heavy atom. The summed E-state index contributed by atoms with van der Waals surface area (Å²) < 4.78 is 0. The summed E-state index contributed by atoms with van der Waals surface area (Å²) in [6.07, 6.45) is 5.74. The van der Waals surface area contributed by atoms with Crippen molar-refractivity contribution in [2.24, 2.45) is 11.7 Å². The lowest BCUT2D eigenvalue weighted by Crippen LogP contribution is -2.25. The normalized spacial score (nSPS) is 20.4. The van der Waals surface area contributed by atoms with E-state index in [-0.39, 0.29) is 23.5 Å². The quantitative estimate of drug-likeness (QED) is 0.705. The molecule has 2 N–H and O–H groups in total. The number of ketones is 1. The molecule has 1 aromatic rings.